The third kappa shape index (κ3) is 1.78. The smallest absolute Gasteiger partial charge is 0.335 e. The van der Waals surface area contributed by atoms with E-state index in [1.807, 2.05) is 23.9 Å². The maximum absolute atomic E-state index is 11.9. The fraction of sp³-hybridized carbons (Fsp3) is 0.286. The summed E-state index contributed by atoms with van der Waals surface area (Å²) in [5.41, 5.74) is 1.75. The zero-order valence-corrected chi connectivity index (χ0v) is 10.6. The number of carbonyl (C=O) groups is 2. The van der Waals surface area contributed by atoms with Crippen molar-refractivity contribution in [1.82, 2.24) is 4.57 Å². The summed E-state index contributed by atoms with van der Waals surface area (Å²) >= 11 is 0. The number of nitrogens with zero attached hydrogens (tertiary/aromatic N) is 2. The van der Waals surface area contributed by atoms with Crippen LogP contribution in [-0.4, -0.2) is 28.1 Å². The molecule has 1 aromatic heterocycles. The summed E-state index contributed by atoms with van der Waals surface area (Å²) in [5, 5.41) is 10.1. The lowest BCUT2D eigenvalue weighted by molar-refractivity contribution is -0.117. The van der Waals surface area contributed by atoms with Gasteiger partial charge in [0.15, 0.2) is 0 Å². The maximum Gasteiger partial charge on any atom is 0.335 e. The van der Waals surface area contributed by atoms with Gasteiger partial charge in [0.2, 0.25) is 5.91 Å². The van der Waals surface area contributed by atoms with Gasteiger partial charge in [-0.25, -0.2) is 4.79 Å². The van der Waals surface area contributed by atoms with Crippen molar-refractivity contribution in [1.29, 1.82) is 0 Å². The molecule has 0 aliphatic carbocycles. The number of carbonyl (C=O) groups excluding carboxylic acids is 1. The van der Waals surface area contributed by atoms with Gasteiger partial charge in [0.1, 0.15) is 0 Å². The molecule has 0 radical (unpaired) electrons. The van der Waals surface area contributed by atoms with Crippen LogP contribution in [0.5, 0.6) is 0 Å². The molecule has 98 valence electrons. The van der Waals surface area contributed by atoms with Crippen LogP contribution >= 0.6 is 0 Å². The Hall–Kier alpha value is -2.30. The number of hydrogen-bond acceptors (Lipinski definition) is 2. The predicted octanol–water partition coefficient (Wildman–Crippen LogP) is 2.00. The van der Waals surface area contributed by atoms with Crippen LogP contribution in [0.25, 0.3) is 10.9 Å². The summed E-state index contributed by atoms with van der Waals surface area (Å²) in [7, 11) is 1.86. The fourth-order valence-electron chi connectivity index (χ4n) is 2.60. The van der Waals surface area contributed by atoms with Gasteiger partial charge in [0, 0.05) is 31.6 Å². The van der Waals surface area contributed by atoms with Crippen molar-refractivity contribution in [3.63, 3.8) is 0 Å². The van der Waals surface area contributed by atoms with Gasteiger partial charge in [-0.1, -0.05) is 0 Å². The molecule has 2 heterocycles. The first kappa shape index (κ1) is 11.8. The maximum atomic E-state index is 11.9. The molecule has 3 rings (SSSR count). The van der Waals surface area contributed by atoms with E-state index >= 15 is 0 Å². The molecule has 0 spiro atoms. The lowest BCUT2D eigenvalue weighted by Crippen LogP contribution is -2.24. The minimum atomic E-state index is -0.976. The highest BCUT2D eigenvalue weighted by molar-refractivity contribution is 6.07. The SMILES string of the molecule is Cn1ccc2c(N3CCCC3=O)cc(C(=O)O)cc21. The van der Waals surface area contributed by atoms with Crippen molar-refractivity contribution >= 4 is 28.5 Å². The van der Waals surface area contributed by atoms with Gasteiger partial charge in [0.25, 0.3) is 0 Å². The van der Waals surface area contributed by atoms with Crippen molar-refractivity contribution in [2.45, 2.75) is 12.8 Å². The number of carboxylic acids is 1. The number of rotatable bonds is 2. The number of carboxylic acid groups (broad SMARTS) is 1. The number of benzene rings is 1. The van der Waals surface area contributed by atoms with E-state index in [0.717, 1.165) is 17.3 Å². The normalized spacial score (nSPS) is 15.4. The lowest BCUT2D eigenvalue weighted by atomic mass is 10.1. The number of amides is 1. The first-order valence-corrected chi connectivity index (χ1v) is 6.20. The standard InChI is InChI=1S/C14H14N2O3/c1-15-6-4-10-11(15)7-9(14(18)19)8-12(10)16-5-2-3-13(16)17/h4,6-8H,2-3,5H2,1H3,(H,18,19). The zero-order chi connectivity index (χ0) is 13.6. The Balaban J connectivity index is 2.26. The molecule has 5 heteroatoms. The van der Waals surface area contributed by atoms with Crippen LogP contribution in [0.15, 0.2) is 24.4 Å². The van der Waals surface area contributed by atoms with E-state index in [9.17, 15) is 14.7 Å². The number of fused-ring (bicyclic) bond motifs is 1. The fourth-order valence-corrected chi connectivity index (χ4v) is 2.60. The van der Waals surface area contributed by atoms with Crippen LogP contribution in [0.2, 0.25) is 0 Å². The second-order valence-corrected chi connectivity index (χ2v) is 4.81. The van der Waals surface area contributed by atoms with E-state index < -0.39 is 5.97 Å². The average molecular weight is 258 g/mol. The third-order valence-corrected chi connectivity index (χ3v) is 3.59. The quantitative estimate of drug-likeness (QED) is 0.896. The van der Waals surface area contributed by atoms with Crippen molar-refractivity contribution in [3.05, 3.63) is 30.0 Å². The highest BCUT2D eigenvalue weighted by Gasteiger charge is 2.25. The van der Waals surface area contributed by atoms with Crippen LogP contribution in [0.3, 0.4) is 0 Å². The molecule has 1 aromatic carbocycles. The highest BCUT2D eigenvalue weighted by Crippen LogP contribution is 2.32. The van der Waals surface area contributed by atoms with Crippen molar-refractivity contribution in [3.8, 4) is 0 Å². The van der Waals surface area contributed by atoms with Gasteiger partial charge >= 0.3 is 5.97 Å². The summed E-state index contributed by atoms with van der Waals surface area (Å²) in [6.07, 6.45) is 3.23. The van der Waals surface area contributed by atoms with Gasteiger partial charge in [-0.2, -0.15) is 0 Å². The lowest BCUT2D eigenvalue weighted by Gasteiger charge is -2.18. The third-order valence-electron chi connectivity index (χ3n) is 3.59. The molecule has 1 fully saturated rings. The molecule has 19 heavy (non-hydrogen) atoms. The zero-order valence-electron chi connectivity index (χ0n) is 10.6. The predicted molar refractivity (Wildman–Crippen MR) is 71.5 cm³/mol. The van der Waals surface area contributed by atoms with E-state index in [-0.39, 0.29) is 11.5 Å². The van der Waals surface area contributed by atoms with E-state index in [4.69, 9.17) is 0 Å². The van der Waals surface area contributed by atoms with Crippen LogP contribution in [0.4, 0.5) is 5.69 Å². The molecule has 2 aromatic rings. The van der Waals surface area contributed by atoms with E-state index in [1.165, 1.54) is 0 Å². The Kier molecular flexibility index (Phi) is 2.55. The minimum Gasteiger partial charge on any atom is -0.478 e. The van der Waals surface area contributed by atoms with Gasteiger partial charge < -0.3 is 14.6 Å². The van der Waals surface area contributed by atoms with E-state index in [2.05, 4.69) is 0 Å². The van der Waals surface area contributed by atoms with Crippen LogP contribution in [0, 0.1) is 0 Å². The van der Waals surface area contributed by atoms with Crippen LogP contribution in [-0.2, 0) is 11.8 Å². The largest absolute Gasteiger partial charge is 0.478 e. The topological polar surface area (TPSA) is 62.5 Å². The summed E-state index contributed by atoms with van der Waals surface area (Å²) in [6, 6.07) is 5.15. The molecular weight excluding hydrogens is 244 g/mol. The monoisotopic (exact) mass is 258 g/mol. The molecule has 1 saturated heterocycles. The Morgan fingerprint density at radius 3 is 2.79 bits per heavy atom. The average Bonchev–Trinajstić information content (AvgIpc) is 2.95. The number of anilines is 1. The Morgan fingerprint density at radius 1 is 1.37 bits per heavy atom. The summed E-state index contributed by atoms with van der Waals surface area (Å²) < 4.78 is 1.87. The molecule has 0 saturated carbocycles. The molecule has 1 aliphatic heterocycles. The molecule has 1 amide bonds. The molecule has 5 nitrogen and oxygen atoms in total. The van der Waals surface area contributed by atoms with Gasteiger partial charge in [-0.05, 0) is 24.6 Å². The molecule has 0 bridgehead atoms. The van der Waals surface area contributed by atoms with Crippen molar-refractivity contribution in [2.75, 3.05) is 11.4 Å². The van der Waals surface area contributed by atoms with Crippen molar-refractivity contribution in [2.24, 2.45) is 7.05 Å². The van der Waals surface area contributed by atoms with Gasteiger partial charge in [-0.3, -0.25) is 4.79 Å². The second kappa shape index (κ2) is 4.12. The first-order valence-electron chi connectivity index (χ1n) is 6.20. The van der Waals surface area contributed by atoms with Gasteiger partial charge in [-0.15, -0.1) is 0 Å². The summed E-state index contributed by atoms with van der Waals surface area (Å²) in [4.78, 5) is 24.8. The second-order valence-electron chi connectivity index (χ2n) is 4.81. The van der Waals surface area contributed by atoms with E-state index in [1.54, 1.807) is 17.0 Å². The molecule has 1 aliphatic rings. The number of aromatic nitrogens is 1. The Bertz CT molecular complexity index is 687. The van der Waals surface area contributed by atoms with Crippen LogP contribution < -0.4 is 4.90 Å². The summed E-state index contributed by atoms with van der Waals surface area (Å²) in [6.45, 7) is 0.659. The Morgan fingerprint density at radius 2 is 2.16 bits per heavy atom. The molecule has 0 atom stereocenters. The highest BCUT2D eigenvalue weighted by atomic mass is 16.4. The van der Waals surface area contributed by atoms with Gasteiger partial charge in [0.05, 0.1) is 16.8 Å². The minimum absolute atomic E-state index is 0.0627. The first-order chi connectivity index (χ1) is 9.08. The number of hydrogen-bond donors (Lipinski definition) is 1. The number of aromatic carboxylic acids is 1. The molecule has 1 N–H and O–H groups in total. The Labute approximate surface area is 110 Å². The van der Waals surface area contributed by atoms with Crippen LogP contribution in [0.1, 0.15) is 23.2 Å². The molecular formula is C14H14N2O3. The summed E-state index contributed by atoms with van der Waals surface area (Å²) in [5.74, 6) is -0.913. The van der Waals surface area contributed by atoms with Crippen molar-refractivity contribution < 1.29 is 14.7 Å². The number of aryl methyl sites for hydroxylation is 1. The molecule has 0 unspecified atom stereocenters. The van der Waals surface area contributed by atoms with E-state index in [0.29, 0.717) is 18.7 Å².